The summed E-state index contributed by atoms with van der Waals surface area (Å²) in [5.41, 5.74) is 0. The van der Waals surface area contributed by atoms with Crippen molar-refractivity contribution in [2.75, 3.05) is 19.3 Å². The molecule has 0 spiro atoms. The highest BCUT2D eigenvalue weighted by Gasteiger charge is 2.29. The number of amides is 2. The molecule has 2 amide bonds. The Labute approximate surface area is 143 Å². The summed E-state index contributed by atoms with van der Waals surface area (Å²) >= 11 is 1.93. The number of piperidine rings is 1. The fraction of sp³-hybridized carbons (Fsp3) is 0.765. The number of hydrogen-bond donors (Lipinski definition) is 1. The van der Waals surface area contributed by atoms with Gasteiger partial charge in [0.2, 0.25) is 0 Å². The van der Waals surface area contributed by atoms with E-state index in [0.717, 1.165) is 49.8 Å². The predicted molar refractivity (Wildman–Crippen MR) is 94.7 cm³/mol. The van der Waals surface area contributed by atoms with E-state index >= 15 is 0 Å². The Kier molecular flexibility index (Phi) is 5.51. The number of likely N-dealkylation sites (tertiary alicyclic amines) is 1. The maximum atomic E-state index is 12.6. The van der Waals surface area contributed by atoms with E-state index in [1.165, 1.54) is 12.8 Å². The number of urea groups is 1. The molecule has 6 heteroatoms. The zero-order valence-electron chi connectivity index (χ0n) is 14.2. The molecule has 1 saturated heterocycles. The average Bonchev–Trinajstić information content (AvgIpc) is 3.17. The molecule has 0 aromatic carbocycles. The first-order chi connectivity index (χ1) is 11.2. The summed E-state index contributed by atoms with van der Waals surface area (Å²) in [5.74, 6) is 1.65. The first-order valence-corrected chi connectivity index (χ1v) is 9.99. The minimum absolute atomic E-state index is 0.140. The molecule has 0 bridgehead atoms. The van der Waals surface area contributed by atoms with Crippen molar-refractivity contribution in [1.82, 2.24) is 19.8 Å². The lowest BCUT2D eigenvalue weighted by Crippen LogP contribution is -2.48. The number of thioether (sulfide) groups is 1. The number of rotatable bonds is 4. The Balaban J connectivity index is 1.50. The molecule has 3 rings (SSSR count). The van der Waals surface area contributed by atoms with Crippen LogP contribution in [0.2, 0.25) is 0 Å². The molecule has 1 aromatic heterocycles. The normalized spacial score (nSPS) is 28.1. The molecule has 3 atom stereocenters. The molecule has 2 fully saturated rings. The van der Waals surface area contributed by atoms with E-state index in [0.29, 0.717) is 12.0 Å². The Morgan fingerprint density at radius 3 is 3.00 bits per heavy atom. The summed E-state index contributed by atoms with van der Waals surface area (Å²) in [6.45, 7) is 1.75. The van der Waals surface area contributed by atoms with Crippen molar-refractivity contribution < 1.29 is 4.79 Å². The van der Waals surface area contributed by atoms with E-state index in [1.54, 1.807) is 0 Å². The van der Waals surface area contributed by atoms with Gasteiger partial charge in [-0.2, -0.15) is 11.8 Å². The van der Waals surface area contributed by atoms with Gasteiger partial charge >= 0.3 is 6.03 Å². The van der Waals surface area contributed by atoms with Gasteiger partial charge in [-0.05, 0) is 44.3 Å². The van der Waals surface area contributed by atoms with Crippen molar-refractivity contribution in [3.05, 3.63) is 18.2 Å². The zero-order chi connectivity index (χ0) is 16.2. The molecule has 2 heterocycles. The van der Waals surface area contributed by atoms with Gasteiger partial charge in [-0.1, -0.05) is 0 Å². The molecule has 1 aliphatic carbocycles. The third kappa shape index (κ3) is 4.22. The van der Waals surface area contributed by atoms with Gasteiger partial charge in [-0.15, -0.1) is 0 Å². The Hall–Kier alpha value is -1.17. The third-order valence-corrected chi connectivity index (χ3v) is 6.34. The SMILES string of the molecule is CS[C@@H]1CC[C@H](NC(=O)N2CCC[C@@H](Cc3nccn3C)C2)C1. The second-order valence-electron chi connectivity index (χ2n) is 6.93. The van der Waals surface area contributed by atoms with Gasteiger partial charge in [-0.3, -0.25) is 0 Å². The van der Waals surface area contributed by atoms with Crippen LogP contribution in [0, 0.1) is 5.92 Å². The highest BCUT2D eigenvalue weighted by Crippen LogP contribution is 2.28. The van der Waals surface area contributed by atoms with Crippen molar-refractivity contribution in [2.45, 2.75) is 49.8 Å². The maximum absolute atomic E-state index is 12.6. The van der Waals surface area contributed by atoms with Gasteiger partial charge < -0.3 is 14.8 Å². The molecule has 0 unspecified atom stereocenters. The molecule has 2 aliphatic rings. The molecule has 128 valence electrons. The quantitative estimate of drug-likeness (QED) is 0.920. The lowest BCUT2D eigenvalue weighted by Gasteiger charge is -2.33. The molecule has 1 aliphatic heterocycles. The van der Waals surface area contributed by atoms with Gasteiger partial charge in [0, 0.05) is 50.2 Å². The number of aryl methyl sites for hydroxylation is 1. The van der Waals surface area contributed by atoms with E-state index in [2.05, 4.69) is 21.1 Å². The standard InChI is InChI=1S/C17H28N4OS/c1-20-9-7-18-16(20)10-13-4-3-8-21(12-13)17(22)19-14-5-6-15(11-14)23-2/h7,9,13-15H,3-6,8,10-12H2,1-2H3,(H,19,22)/t13-,14-,15+/m0/s1. The van der Waals surface area contributed by atoms with Crippen molar-refractivity contribution in [2.24, 2.45) is 13.0 Å². The fourth-order valence-electron chi connectivity index (χ4n) is 3.82. The molecule has 0 radical (unpaired) electrons. The summed E-state index contributed by atoms with van der Waals surface area (Å²) in [6.07, 6.45) is 12.7. The molecule has 23 heavy (non-hydrogen) atoms. The van der Waals surface area contributed by atoms with Gasteiger partial charge in [0.25, 0.3) is 0 Å². The van der Waals surface area contributed by atoms with Crippen molar-refractivity contribution in [3.8, 4) is 0 Å². The van der Waals surface area contributed by atoms with Crippen LogP contribution in [0.5, 0.6) is 0 Å². The van der Waals surface area contributed by atoms with Crippen LogP contribution in [-0.4, -0.2) is 51.1 Å². The maximum Gasteiger partial charge on any atom is 0.317 e. The average molecular weight is 337 g/mol. The fourth-order valence-corrected chi connectivity index (χ4v) is 4.62. The van der Waals surface area contributed by atoms with Gasteiger partial charge in [0.1, 0.15) is 5.82 Å². The predicted octanol–water partition coefficient (Wildman–Crippen LogP) is 2.67. The highest BCUT2D eigenvalue weighted by atomic mass is 32.2. The van der Waals surface area contributed by atoms with Crippen LogP contribution in [0.25, 0.3) is 0 Å². The van der Waals surface area contributed by atoms with Gasteiger partial charge in [0.05, 0.1) is 0 Å². The number of hydrogen-bond acceptors (Lipinski definition) is 3. The van der Waals surface area contributed by atoms with Crippen molar-refractivity contribution >= 4 is 17.8 Å². The Morgan fingerprint density at radius 2 is 2.30 bits per heavy atom. The van der Waals surface area contributed by atoms with Crippen LogP contribution in [0.1, 0.15) is 37.9 Å². The number of nitrogens with zero attached hydrogens (tertiary/aromatic N) is 3. The summed E-state index contributed by atoms with van der Waals surface area (Å²) in [4.78, 5) is 19.0. The molecule has 5 nitrogen and oxygen atoms in total. The van der Waals surface area contributed by atoms with E-state index in [4.69, 9.17) is 0 Å². The largest absolute Gasteiger partial charge is 0.338 e. The zero-order valence-corrected chi connectivity index (χ0v) is 15.0. The molecular formula is C17H28N4OS. The first kappa shape index (κ1) is 16.7. The van der Waals surface area contributed by atoms with Crippen LogP contribution in [0.3, 0.4) is 0 Å². The van der Waals surface area contributed by atoms with Crippen LogP contribution < -0.4 is 5.32 Å². The topological polar surface area (TPSA) is 50.2 Å². The number of imidazole rings is 1. The summed E-state index contributed by atoms with van der Waals surface area (Å²) in [6, 6.07) is 0.510. The second kappa shape index (κ2) is 7.60. The molecule has 1 saturated carbocycles. The van der Waals surface area contributed by atoms with Gasteiger partial charge in [-0.25, -0.2) is 9.78 Å². The number of carbonyl (C=O) groups excluding carboxylic acids is 1. The molecular weight excluding hydrogens is 308 g/mol. The lowest BCUT2D eigenvalue weighted by atomic mass is 9.94. The lowest BCUT2D eigenvalue weighted by molar-refractivity contribution is 0.161. The first-order valence-electron chi connectivity index (χ1n) is 8.70. The minimum atomic E-state index is 0.140. The van der Waals surface area contributed by atoms with Crippen molar-refractivity contribution in [3.63, 3.8) is 0 Å². The number of carbonyl (C=O) groups is 1. The van der Waals surface area contributed by atoms with Gasteiger partial charge in [0.15, 0.2) is 0 Å². The molecule has 1 aromatic rings. The van der Waals surface area contributed by atoms with Crippen LogP contribution >= 0.6 is 11.8 Å². The minimum Gasteiger partial charge on any atom is -0.338 e. The number of nitrogens with one attached hydrogen (secondary N) is 1. The van der Waals surface area contributed by atoms with E-state index < -0.39 is 0 Å². The van der Waals surface area contributed by atoms with E-state index in [1.807, 2.05) is 36.1 Å². The smallest absolute Gasteiger partial charge is 0.317 e. The van der Waals surface area contributed by atoms with Crippen LogP contribution in [0.15, 0.2) is 12.4 Å². The van der Waals surface area contributed by atoms with Crippen LogP contribution in [-0.2, 0) is 13.5 Å². The Morgan fingerprint density at radius 1 is 1.43 bits per heavy atom. The monoisotopic (exact) mass is 336 g/mol. The molecule has 1 N–H and O–H groups in total. The van der Waals surface area contributed by atoms with E-state index in [9.17, 15) is 4.79 Å². The van der Waals surface area contributed by atoms with E-state index in [-0.39, 0.29) is 6.03 Å². The Bertz CT molecular complexity index is 532. The number of aromatic nitrogens is 2. The summed E-state index contributed by atoms with van der Waals surface area (Å²) in [5, 5.41) is 3.98. The highest BCUT2D eigenvalue weighted by molar-refractivity contribution is 7.99. The summed E-state index contributed by atoms with van der Waals surface area (Å²) < 4.78 is 2.08. The summed E-state index contributed by atoms with van der Waals surface area (Å²) in [7, 11) is 2.04. The second-order valence-corrected chi connectivity index (χ2v) is 8.07. The third-order valence-electron chi connectivity index (χ3n) is 5.24. The van der Waals surface area contributed by atoms with Crippen molar-refractivity contribution in [1.29, 1.82) is 0 Å². The van der Waals surface area contributed by atoms with Crippen LogP contribution in [0.4, 0.5) is 4.79 Å².